The Hall–Kier alpha value is -1.25. The quantitative estimate of drug-likeness (QED) is 0.826. The summed E-state index contributed by atoms with van der Waals surface area (Å²) in [5, 5.41) is 0. The summed E-state index contributed by atoms with van der Waals surface area (Å²) >= 11 is 0. The van der Waals surface area contributed by atoms with Gasteiger partial charge in [-0.2, -0.15) is 0 Å². The van der Waals surface area contributed by atoms with Crippen molar-refractivity contribution in [3.05, 3.63) is 17.8 Å². The lowest BCUT2D eigenvalue weighted by Crippen LogP contribution is -2.39. The number of pyridine rings is 1. The standard InChI is InChI=1S/C15H23N3/c1-12-11-17-14(10-13(12)16)18-8-6-15(7-9-18)4-2-3-5-15/h10-11H,2-9H2,1H3,(H2,16,17). The molecule has 0 aromatic carbocycles. The SMILES string of the molecule is Cc1cnc(N2CCC3(CCCC3)CC2)cc1N. The fraction of sp³-hybridized carbons (Fsp3) is 0.667. The summed E-state index contributed by atoms with van der Waals surface area (Å²) < 4.78 is 0. The van der Waals surface area contributed by atoms with Crippen LogP contribution in [0.15, 0.2) is 12.3 Å². The highest BCUT2D eigenvalue weighted by atomic mass is 15.2. The summed E-state index contributed by atoms with van der Waals surface area (Å²) in [7, 11) is 0. The number of nitrogens with two attached hydrogens (primary N) is 1. The molecule has 1 saturated carbocycles. The molecule has 2 fully saturated rings. The van der Waals surface area contributed by atoms with E-state index < -0.39 is 0 Å². The first kappa shape index (κ1) is 11.8. The first-order valence-corrected chi connectivity index (χ1v) is 7.16. The van der Waals surface area contributed by atoms with E-state index in [2.05, 4.69) is 9.88 Å². The third-order valence-electron chi connectivity index (χ3n) is 4.94. The molecule has 18 heavy (non-hydrogen) atoms. The van der Waals surface area contributed by atoms with E-state index in [0.29, 0.717) is 5.41 Å². The highest BCUT2D eigenvalue weighted by Gasteiger charge is 2.37. The Morgan fingerprint density at radius 3 is 2.44 bits per heavy atom. The van der Waals surface area contributed by atoms with Crippen molar-refractivity contribution in [3.63, 3.8) is 0 Å². The Kier molecular flexibility index (Phi) is 2.92. The Morgan fingerprint density at radius 2 is 1.83 bits per heavy atom. The van der Waals surface area contributed by atoms with Gasteiger partial charge in [-0.3, -0.25) is 0 Å². The van der Waals surface area contributed by atoms with Crippen LogP contribution in [0.2, 0.25) is 0 Å². The first-order chi connectivity index (χ1) is 8.69. The minimum atomic E-state index is 0.673. The van der Waals surface area contributed by atoms with Crippen molar-refractivity contribution >= 4 is 11.5 Å². The molecule has 3 rings (SSSR count). The van der Waals surface area contributed by atoms with Gasteiger partial charge in [0.05, 0.1) is 0 Å². The van der Waals surface area contributed by atoms with E-state index in [9.17, 15) is 0 Å². The molecule has 1 aliphatic heterocycles. The fourth-order valence-corrected chi connectivity index (χ4v) is 3.54. The highest BCUT2D eigenvalue weighted by Crippen LogP contribution is 2.46. The van der Waals surface area contributed by atoms with E-state index in [1.54, 1.807) is 0 Å². The Balaban J connectivity index is 1.70. The third-order valence-corrected chi connectivity index (χ3v) is 4.94. The number of nitrogens with zero attached hydrogens (tertiary/aromatic N) is 2. The van der Waals surface area contributed by atoms with E-state index in [0.717, 1.165) is 30.2 Å². The van der Waals surface area contributed by atoms with E-state index in [4.69, 9.17) is 5.73 Å². The number of piperidine rings is 1. The second-order valence-corrected chi connectivity index (χ2v) is 6.09. The van der Waals surface area contributed by atoms with Gasteiger partial charge in [0.25, 0.3) is 0 Å². The molecule has 1 spiro atoms. The zero-order valence-corrected chi connectivity index (χ0v) is 11.3. The fourth-order valence-electron chi connectivity index (χ4n) is 3.54. The molecule has 2 aliphatic rings. The molecule has 0 atom stereocenters. The lowest BCUT2D eigenvalue weighted by Gasteiger charge is -2.40. The molecule has 1 aliphatic carbocycles. The van der Waals surface area contributed by atoms with E-state index in [1.165, 1.54) is 38.5 Å². The topological polar surface area (TPSA) is 42.2 Å². The average Bonchev–Trinajstić information content (AvgIpc) is 2.82. The van der Waals surface area contributed by atoms with E-state index >= 15 is 0 Å². The molecule has 0 amide bonds. The minimum Gasteiger partial charge on any atom is -0.398 e. The smallest absolute Gasteiger partial charge is 0.130 e. The molecule has 0 unspecified atom stereocenters. The maximum Gasteiger partial charge on any atom is 0.130 e. The van der Waals surface area contributed by atoms with Gasteiger partial charge in [-0.25, -0.2) is 4.98 Å². The molecular weight excluding hydrogens is 222 g/mol. The third kappa shape index (κ3) is 2.06. The van der Waals surface area contributed by atoms with E-state index in [-0.39, 0.29) is 0 Å². The van der Waals surface area contributed by atoms with E-state index in [1.807, 2.05) is 19.2 Å². The Labute approximate surface area is 109 Å². The molecular formula is C15H23N3. The van der Waals surface area contributed by atoms with Crippen LogP contribution in [0.4, 0.5) is 11.5 Å². The average molecular weight is 245 g/mol. The van der Waals surface area contributed by atoms with Crippen molar-refractivity contribution in [2.75, 3.05) is 23.7 Å². The van der Waals surface area contributed by atoms with Crippen LogP contribution >= 0.6 is 0 Å². The summed E-state index contributed by atoms with van der Waals surface area (Å²) in [6.45, 7) is 4.31. The summed E-state index contributed by atoms with van der Waals surface area (Å²) in [4.78, 5) is 6.93. The first-order valence-electron chi connectivity index (χ1n) is 7.16. The van der Waals surface area contributed by atoms with Crippen LogP contribution in [0.3, 0.4) is 0 Å². The van der Waals surface area contributed by atoms with Crippen molar-refractivity contribution < 1.29 is 0 Å². The number of hydrogen-bond donors (Lipinski definition) is 1. The zero-order chi connectivity index (χ0) is 12.6. The largest absolute Gasteiger partial charge is 0.398 e. The number of nitrogen functional groups attached to an aromatic ring is 1. The number of rotatable bonds is 1. The second-order valence-electron chi connectivity index (χ2n) is 6.09. The summed E-state index contributed by atoms with van der Waals surface area (Å²) in [6, 6.07) is 2.03. The lowest BCUT2D eigenvalue weighted by atomic mass is 9.77. The molecule has 1 aromatic rings. The lowest BCUT2D eigenvalue weighted by molar-refractivity contribution is 0.226. The molecule has 1 saturated heterocycles. The van der Waals surface area contributed by atoms with Gasteiger partial charge in [0, 0.05) is 31.0 Å². The number of aromatic nitrogens is 1. The maximum atomic E-state index is 5.98. The number of hydrogen-bond acceptors (Lipinski definition) is 3. The van der Waals surface area contributed by atoms with Crippen molar-refractivity contribution in [1.82, 2.24) is 4.98 Å². The van der Waals surface area contributed by atoms with Crippen LogP contribution in [-0.4, -0.2) is 18.1 Å². The highest BCUT2D eigenvalue weighted by molar-refractivity contribution is 5.54. The van der Waals surface area contributed by atoms with Gasteiger partial charge in [-0.1, -0.05) is 12.8 Å². The monoisotopic (exact) mass is 245 g/mol. The van der Waals surface area contributed by atoms with Crippen molar-refractivity contribution in [1.29, 1.82) is 0 Å². The van der Waals surface area contributed by atoms with Gasteiger partial charge in [-0.05, 0) is 43.6 Å². The summed E-state index contributed by atoms with van der Waals surface area (Å²) in [6.07, 6.45) is 10.3. The molecule has 1 aromatic heterocycles. The van der Waals surface area contributed by atoms with Crippen LogP contribution in [0.5, 0.6) is 0 Å². The van der Waals surface area contributed by atoms with Crippen LogP contribution in [0, 0.1) is 12.3 Å². The normalized spacial score (nSPS) is 22.6. The van der Waals surface area contributed by atoms with Crippen molar-refractivity contribution in [3.8, 4) is 0 Å². The van der Waals surface area contributed by atoms with Gasteiger partial charge in [0.2, 0.25) is 0 Å². The van der Waals surface area contributed by atoms with Crippen molar-refractivity contribution in [2.24, 2.45) is 5.41 Å². The Morgan fingerprint density at radius 1 is 1.17 bits per heavy atom. The van der Waals surface area contributed by atoms with Crippen molar-refractivity contribution in [2.45, 2.75) is 45.4 Å². The minimum absolute atomic E-state index is 0.673. The maximum absolute atomic E-state index is 5.98. The van der Waals surface area contributed by atoms with Gasteiger partial charge >= 0.3 is 0 Å². The molecule has 3 nitrogen and oxygen atoms in total. The molecule has 3 heteroatoms. The predicted octanol–water partition coefficient (Wildman–Crippen LogP) is 3.13. The summed E-state index contributed by atoms with van der Waals surface area (Å²) in [5.74, 6) is 1.06. The van der Waals surface area contributed by atoms with Crippen LogP contribution in [0.25, 0.3) is 0 Å². The van der Waals surface area contributed by atoms with Crippen LogP contribution < -0.4 is 10.6 Å². The molecule has 2 N–H and O–H groups in total. The van der Waals surface area contributed by atoms with Gasteiger partial charge in [0.1, 0.15) is 5.82 Å². The summed E-state index contributed by atoms with van der Waals surface area (Å²) in [5.41, 5.74) is 8.58. The van der Waals surface area contributed by atoms with Gasteiger partial charge < -0.3 is 10.6 Å². The van der Waals surface area contributed by atoms with Crippen LogP contribution in [0.1, 0.15) is 44.1 Å². The molecule has 98 valence electrons. The second kappa shape index (κ2) is 4.45. The zero-order valence-electron chi connectivity index (χ0n) is 11.3. The van der Waals surface area contributed by atoms with Crippen LogP contribution in [-0.2, 0) is 0 Å². The predicted molar refractivity (Wildman–Crippen MR) is 75.7 cm³/mol. The number of anilines is 2. The molecule has 2 heterocycles. The number of aryl methyl sites for hydroxylation is 1. The molecule has 0 bridgehead atoms. The Bertz CT molecular complexity index is 425. The molecule has 0 radical (unpaired) electrons. The van der Waals surface area contributed by atoms with Gasteiger partial charge in [-0.15, -0.1) is 0 Å². The van der Waals surface area contributed by atoms with Gasteiger partial charge in [0.15, 0.2) is 0 Å².